The number of nitrogens with zero attached hydrogens (tertiary/aromatic N) is 3. The molecule has 6 heteroatoms. The second-order valence-corrected chi connectivity index (χ2v) is 3.70. The van der Waals surface area contributed by atoms with Crippen LogP contribution < -0.4 is 16.0 Å². The number of nitrogens with one attached hydrogen (secondary N) is 1. The van der Waals surface area contributed by atoms with Crippen molar-refractivity contribution >= 4 is 0 Å². The number of aromatic nitrogens is 3. The first kappa shape index (κ1) is 12.4. The SMILES string of the molecule is COc1nccnc1C(Cc1ccccn1)NN. The molecule has 0 bridgehead atoms. The molecule has 0 spiro atoms. The van der Waals surface area contributed by atoms with E-state index in [4.69, 9.17) is 10.6 Å². The highest BCUT2D eigenvalue weighted by Gasteiger charge is 2.18. The molecule has 0 aromatic carbocycles. The van der Waals surface area contributed by atoms with Gasteiger partial charge in [-0.3, -0.25) is 21.2 Å². The molecule has 94 valence electrons. The average Bonchev–Trinajstić information content (AvgIpc) is 2.46. The zero-order chi connectivity index (χ0) is 12.8. The summed E-state index contributed by atoms with van der Waals surface area (Å²) in [5, 5.41) is 0. The Hall–Kier alpha value is -2.05. The van der Waals surface area contributed by atoms with Crippen molar-refractivity contribution in [3.8, 4) is 5.88 Å². The fourth-order valence-electron chi connectivity index (χ4n) is 1.69. The van der Waals surface area contributed by atoms with Gasteiger partial charge in [0.05, 0.1) is 13.2 Å². The van der Waals surface area contributed by atoms with Gasteiger partial charge in [-0.1, -0.05) is 6.07 Å². The molecule has 0 aliphatic heterocycles. The van der Waals surface area contributed by atoms with E-state index in [2.05, 4.69) is 20.4 Å². The minimum atomic E-state index is -0.191. The van der Waals surface area contributed by atoms with Crippen molar-refractivity contribution in [2.45, 2.75) is 12.5 Å². The molecule has 2 aromatic heterocycles. The molecule has 2 rings (SSSR count). The number of methoxy groups -OCH3 is 1. The molecule has 2 heterocycles. The Morgan fingerprint density at radius 1 is 1.22 bits per heavy atom. The number of nitrogens with two attached hydrogens (primary N) is 1. The third-order valence-corrected chi connectivity index (χ3v) is 2.56. The summed E-state index contributed by atoms with van der Waals surface area (Å²) in [5.41, 5.74) is 4.32. The lowest BCUT2D eigenvalue weighted by atomic mass is 10.1. The molecule has 0 saturated carbocycles. The molecule has 3 N–H and O–H groups in total. The number of hydrogen-bond acceptors (Lipinski definition) is 6. The van der Waals surface area contributed by atoms with Crippen LogP contribution in [-0.2, 0) is 6.42 Å². The van der Waals surface area contributed by atoms with Crippen LogP contribution in [0, 0.1) is 0 Å². The molecule has 0 fully saturated rings. The maximum Gasteiger partial charge on any atom is 0.237 e. The number of hydrazine groups is 1. The van der Waals surface area contributed by atoms with Crippen LogP contribution in [0.3, 0.4) is 0 Å². The molecule has 0 aliphatic carbocycles. The highest BCUT2D eigenvalue weighted by molar-refractivity contribution is 5.22. The standard InChI is InChI=1S/C12H15N5O/c1-18-12-11(15-6-7-16-12)10(17-13)8-9-4-2-3-5-14-9/h2-7,10,17H,8,13H2,1H3. The van der Waals surface area contributed by atoms with Crippen LogP contribution >= 0.6 is 0 Å². The van der Waals surface area contributed by atoms with Gasteiger partial charge >= 0.3 is 0 Å². The minimum Gasteiger partial charge on any atom is -0.480 e. The molecule has 6 nitrogen and oxygen atoms in total. The molecule has 2 aromatic rings. The van der Waals surface area contributed by atoms with Crippen LogP contribution in [0.5, 0.6) is 5.88 Å². The Morgan fingerprint density at radius 3 is 2.72 bits per heavy atom. The van der Waals surface area contributed by atoms with E-state index in [0.717, 1.165) is 5.69 Å². The lowest BCUT2D eigenvalue weighted by molar-refractivity contribution is 0.376. The summed E-state index contributed by atoms with van der Waals surface area (Å²) < 4.78 is 5.18. The second kappa shape index (κ2) is 6.04. The van der Waals surface area contributed by atoms with Crippen molar-refractivity contribution in [1.29, 1.82) is 0 Å². The molecule has 18 heavy (non-hydrogen) atoms. The number of rotatable bonds is 5. The summed E-state index contributed by atoms with van der Waals surface area (Å²) in [6.07, 6.45) is 5.56. The fourth-order valence-corrected chi connectivity index (χ4v) is 1.69. The van der Waals surface area contributed by atoms with Crippen LogP contribution in [0.4, 0.5) is 0 Å². The van der Waals surface area contributed by atoms with Gasteiger partial charge in [0.25, 0.3) is 0 Å². The van der Waals surface area contributed by atoms with Crippen LogP contribution in [0.15, 0.2) is 36.8 Å². The van der Waals surface area contributed by atoms with Gasteiger partial charge < -0.3 is 4.74 Å². The quantitative estimate of drug-likeness (QED) is 0.593. The largest absolute Gasteiger partial charge is 0.480 e. The van der Waals surface area contributed by atoms with E-state index < -0.39 is 0 Å². The number of ether oxygens (including phenoxy) is 1. The Bertz CT molecular complexity index is 491. The fraction of sp³-hybridized carbons (Fsp3) is 0.250. The Labute approximate surface area is 105 Å². The Balaban J connectivity index is 2.23. The van der Waals surface area contributed by atoms with E-state index in [0.29, 0.717) is 18.0 Å². The highest BCUT2D eigenvalue weighted by atomic mass is 16.5. The zero-order valence-electron chi connectivity index (χ0n) is 10.1. The van der Waals surface area contributed by atoms with Crippen LogP contribution in [0.25, 0.3) is 0 Å². The van der Waals surface area contributed by atoms with Gasteiger partial charge in [0.1, 0.15) is 5.69 Å². The normalized spacial score (nSPS) is 12.1. The summed E-state index contributed by atoms with van der Waals surface area (Å²) in [7, 11) is 1.56. The second-order valence-electron chi connectivity index (χ2n) is 3.70. The van der Waals surface area contributed by atoms with Gasteiger partial charge in [0.2, 0.25) is 5.88 Å². The summed E-state index contributed by atoms with van der Waals surface area (Å²) in [4.78, 5) is 12.6. The van der Waals surface area contributed by atoms with Gasteiger partial charge in [-0.2, -0.15) is 0 Å². The minimum absolute atomic E-state index is 0.191. The van der Waals surface area contributed by atoms with E-state index in [9.17, 15) is 0 Å². The maximum atomic E-state index is 5.58. The maximum absolute atomic E-state index is 5.58. The van der Waals surface area contributed by atoms with Gasteiger partial charge in [-0.15, -0.1) is 0 Å². The molecule has 0 saturated heterocycles. The van der Waals surface area contributed by atoms with Crippen LogP contribution in [0.2, 0.25) is 0 Å². The first-order chi connectivity index (χ1) is 8.85. The highest BCUT2D eigenvalue weighted by Crippen LogP contribution is 2.21. The molecule has 0 radical (unpaired) electrons. The average molecular weight is 245 g/mol. The Morgan fingerprint density at radius 2 is 2.06 bits per heavy atom. The molecule has 1 atom stereocenters. The van der Waals surface area contributed by atoms with Crippen molar-refractivity contribution in [2.75, 3.05) is 7.11 Å². The van der Waals surface area contributed by atoms with E-state index >= 15 is 0 Å². The van der Waals surface area contributed by atoms with Crippen molar-refractivity contribution in [3.63, 3.8) is 0 Å². The van der Waals surface area contributed by atoms with Crippen LogP contribution in [-0.4, -0.2) is 22.1 Å². The van der Waals surface area contributed by atoms with E-state index in [1.165, 1.54) is 0 Å². The summed E-state index contributed by atoms with van der Waals surface area (Å²) in [6, 6.07) is 5.55. The van der Waals surface area contributed by atoms with Crippen molar-refractivity contribution in [2.24, 2.45) is 5.84 Å². The molecule has 0 amide bonds. The first-order valence-corrected chi connectivity index (χ1v) is 5.56. The first-order valence-electron chi connectivity index (χ1n) is 5.56. The number of pyridine rings is 1. The summed E-state index contributed by atoms with van der Waals surface area (Å²) >= 11 is 0. The predicted molar refractivity (Wildman–Crippen MR) is 66.6 cm³/mol. The van der Waals surface area contributed by atoms with Gasteiger partial charge in [0.15, 0.2) is 0 Å². The van der Waals surface area contributed by atoms with Crippen molar-refractivity contribution in [1.82, 2.24) is 20.4 Å². The molecular weight excluding hydrogens is 230 g/mol. The van der Waals surface area contributed by atoms with Crippen molar-refractivity contribution in [3.05, 3.63) is 48.2 Å². The predicted octanol–water partition coefficient (Wildman–Crippen LogP) is 0.627. The van der Waals surface area contributed by atoms with Gasteiger partial charge in [-0.05, 0) is 12.1 Å². The summed E-state index contributed by atoms with van der Waals surface area (Å²) in [5.74, 6) is 6.04. The smallest absolute Gasteiger partial charge is 0.237 e. The third kappa shape index (κ3) is 2.79. The molecule has 0 aliphatic rings. The summed E-state index contributed by atoms with van der Waals surface area (Å²) in [6.45, 7) is 0. The van der Waals surface area contributed by atoms with E-state index in [-0.39, 0.29) is 6.04 Å². The van der Waals surface area contributed by atoms with E-state index in [1.807, 2.05) is 18.2 Å². The van der Waals surface area contributed by atoms with E-state index in [1.54, 1.807) is 25.7 Å². The molecule has 1 unspecified atom stereocenters. The molecular formula is C12H15N5O. The van der Waals surface area contributed by atoms with Crippen LogP contribution in [0.1, 0.15) is 17.4 Å². The third-order valence-electron chi connectivity index (χ3n) is 2.56. The van der Waals surface area contributed by atoms with Gasteiger partial charge in [0, 0.05) is 30.7 Å². The van der Waals surface area contributed by atoms with Gasteiger partial charge in [-0.25, -0.2) is 4.98 Å². The lowest BCUT2D eigenvalue weighted by Gasteiger charge is -2.16. The topological polar surface area (TPSA) is 86.0 Å². The monoisotopic (exact) mass is 245 g/mol. The zero-order valence-corrected chi connectivity index (χ0v) is 10.1. The van der Waals surface area contributed by atoms with Crippen molar-refractivity contribution < 1.29 is 4.74 Å². The number of hydrogen-bond donors (Lipinski definition) is 2. The Kier molecular flexibility index (Phi) is 4.16. The lowest BCUT2D eigenvalue weighted by Crippen LogP contribution is -2.31.